The number of carbonyl (C=O) groups is 1. The summed E-state index contributed by atoms with van der Waals surface area (Å²) in [6.45, 7) is 2.27. The van der Waals surface area contributed by atoms with Gasteiger partial charge in [0.1, 0.15) is 6.61 Å². The average Bonchev–Trinajstić information content (AvgIpc) is 3.49. The van der Waals surface area contributed by atoms with Crippen LogP contribution in [0.25, 0.3) is 0 Å². The van der Waals surface area contributed by atoms with Gasteiger partial charge < -0.3 is 9.26 Å². The minimum absolute atomic E-state index is 0.267. The van der Waals surface area contributed by atoms with Crippen LogP contribution in [-0.4, -0.2) is 19.2 Å². The van der Waals surface area contributed by atoms with Crippen LogP contribution in [0.4, 0.5) is 0 Å². The fourth-order valence-electron chi connectivity index (χ4n) is 3.43. The van der Waals surface area contributed by atoms with E-state index in [4.69, 9.17) is 9.26 Å². The number of esters is 1. The van der Waals surface area contributed by atoms with Crippen LogP contribution in [0.5, 0.6) is 0 Å². The highest BCUT2D eigenvalue weighted by Gasteiger charge is 2.46. The Morgan fingerprint density at radius 3 is 1.86 bits per heavy atom. The Morgan fingerprint density at radius 1 is 0.828 bits per heavy atom. The Morgan fingerprint density at radius 2 is 1.34 bits per heavy atom. The van der Waals surface area contributed by atoms with E-state index < -0.39 is 8.15 Å². The molecular weight excluding hydrogens is 379 g/mol. The van der Waals surface area contributed by atoms with Crippen molar-refractivity contribution >= 4 is 24.7 Å². The second kappa shape index (κ2) is 8.73. The zero-order valence-corrected chi connectivity index (χ0v) is 17.2. The number of carbonyl (C=O) groups excluding carboxylic acids is 1. The molecule has 4 heteroatoms. The molecule has 3 nitrogen and oxygen atoms in total. The third kappa shape index (κ3) is 4.48. The Hall–Kier alpha value is -2.74. The van der Waals surface area contributed by atoms with E-state index in [2.05, 4.69) is 42.5 Å². The van der Waals surface area contributed by atoms with Crippen LogP contribution in [0.1, 0.15) is 12.5 Å². The Labute approximate surface area is 172 Å². The van der Waals surface area contributed by atoms with Crippen LogP contribution in [0.15, 0.2) is 103 Å². The van der Waals surface area contributed by atoms with Crippen molar-refractivity contribution in [1.29, 1.82) is 0 Å². The van der Waals surface area contributed by atoms with E-state index >= 15 is 0 Å². The standard InChI is InChI=1S/C25H23O3P/c1-20(26)27-19-25(21-11-5-2-6-12-21)17-22(25)18-28-29(23-13-7-3-8-14-23)24-15-9-4-10-16-24/h2-17H,18-19H2,1H3. The molecule has 0 aromatic heterocycles. The zero-order valence-electron chi connectivity index (χ0n) is 16.3. The lowest BCUT2D eigenvalue weighted by Crippen LogP contribution is -2.23. The van der Waals surface area contributed by atoms with Gasteiger partial charge in [-0.3, -0.25) is 4.79 Å². The monoisotopic (exact) mass is 402 g/mol. The fraction of sp³-hybridized carbons (Fsp3) is 0.160. The Balaban J connectivity index is 1.53. The second-order valence-electron chi connectivity index (χ2n) is 7.03. The van der Waals surface area contributed by atoms with Gasteiger partial charge in [-0.05, 0) is 11.1 Å². The first-order valence-corrected chi connectivity index (χ1v) is 10.9. The second-order valence-corrected chi connectivity index (χ2v) is 8.91. The molecule has 4 rings (SSSR count). The molecule has 1 unspecified atom stereocenters. The van der Waals surface area contributed by atoms with Gasteiger partial charge >= 0.3 is 5.97 Å². The number of rotatable bonds is 8. The quantitative estimate of drug-likeness (QED) is 0.316. The average molecular weight is 402 g/mol. The SMILES string of the molecule is CC(=O)OCC1(c2ccccc2)C=C1COP(c1ccccc1)c1ccccc1. The first-order chi connectivity index (χ1) is 14.2. The summed E-state index contributed by atoms with van der Waals surface area (Å²) in [5, 5.41) is 2.36. The largest absolute Gasteiger partial charge is 0.464 e. The van der Waals surface area contributed by atoms with Crippen molar-refractivity contribution in [2.45, 2.75) is 12.3 Å². The summed E-state index contributed by atoms with van der Waals surface area (Å²) in [4.78, 5) is 11.4. The van der Waals surface area contributed by atoms with Crippen LogP contribution in [0.2, 0.25) is 0 Å². The van der Waals surface area contributed by atoms with Crippen molar-refractivity contribution in [3.63, 3.8) is 0 Å². The normalized spacial score (nSPS) is 17.7. The molecule has 1 aliphatic rings. The maximum atomic E-state index is 11.4. The van der Waals surface area contributed by atoms with E-state index in [1.807, 2.05) is 54.6 Å². The zero-order chi connectivity index (χ0) is 20.1. The lowest BCUT2D eigenvalue weighted by Gasteiger charge is -2.22. The summed E-state index contributed by atoms with van der Waals surface area (Å²) in [6, 6.07) is 30.8. The lowest BCUT2D eigenvalue weighted by atomic mass is 9.91. The third-order valence-corrected chi connectivity index (χ3v) is 6.95. The van der Waals surface area contributed by atoms with E-state index in [9.17, 15) is 4.79 Å². The van der Waals surface area contributed by atoms with Gasteiger partial charge in [-0.25, -0.2) is 0 Å². The number of benzene rings is 3. The topological polar surface area (TPSA) is 35.5 Å². The highest BCUT2D eigenvalue weighted by atomic mass is 31.1. The van der Waals surface area contributed by atoms with E-state index in [1.165, 1.54) is 17.5 Å². The van der Waals surface area contributed by atoms with Crippen molar-refractivity contribution in [2.24, 2.45) is 0 Å². The molecule has 1 aliphatic carbocycles. The van der Waals surface area contributed by atoms with Gasteiger partial charge in [0, 0.05) is 17.5 Å². The summed E-state index contributed by atoms with van der Waals surface area (Å²) in [7, 11) is -0.924. The highest BCUT2D eigenvalue weighted by Crippen LogP contribution is 2.49. The molecule has 0 amide bonds. The summed E-state index contributed by atoms with van der Waals surface area (Å²) >= 11 is 0. The van der Waals surface area contributed by atoms with Crippen LogP contribution < -0.4 is 10.6 Å². The smallest absolute Gasteiger partial charge is 0.302 e. The predicted octanol–water partition coefficient (Wildman–Crippen LogP) is 4.49. The summed E-state index contributed by atoms with van der Waals surface area (Å²) in [5.41, 5.74) is 1.94. The Bertz CT molecular complexity index is 947. The van der Waals surface area contributed by atoms with Crippen LogP contribution in [-0.2, 0) is 19.5 Å². The van der Waals surface area contributed by atoms with Crippen LogP contribution in [0.3, 0.4) is 0 Å². The first-order valence-electron chi connectivity index (χ1n) is 9.63. The van der Waals surface area contributed by atoms with E-state index in [1.54, 1.807) is 0 Å². The van der Waals surface area contributed by atoms with E-state index in [0.29, 0.717) is 13.2 Å². The number of hydrogen-bond acceptors (Lipinski definition) is 3. The molecule has 0 fully saturated rings. The molecule has 146 valence electrons. The van der Waals surface area contributed by atoms with Gasteiger partial charge in [0.05, 0.1) is 20.2 Å². The number of ether oxygens (including phenoxy) is 1. The van der Waals surface area contributed by atoms with Crippen LogP contribution >= 0.6 is 8.15 Å². The van der Waals surface area contributed by atoms with Gasteiger partial charge in [0.15, 0.2) is 0 Å². The van der Waals surface area contributed by atoms with Gasteiger partial charge in [0.25, 0.3) is 0 Å². The van der Waals surface area contributed by atoms with Crippen molar-refractivity contribution in [1.82, 2.24) is 0 Å². The molecule has 1 atom stereocenters. The van der Waals surface area contributed by atoms with Gasteiger partial charge in [-0.2, -0.15) is 0 Å². The predicted molar refractivity (Wildman–Crippen MR) is 118 cm³/mol. The molecule has 3 aromatic rings. The fourth-order valence-corrected chi connectivity index (χ4v) is 5.18. The van der Waals surface area contributed by atoms with Crippen molar-refractivity contribution in [3.05, 3.63) is 108 Å². The molecule has 0 saturated carbocycles. The van der Waals surface area contributed by atoms with E-state index in [-0.39, 0.29) is 11.4 Å². The lowest BCUT2D eigenvalue weighted by molar-refractivity contribution is -0.141. The van der Waals surface area contributed by atoms with E-state index in [0.717, 1.165) is 11.1 Å². The molecule has 0 radical (unpaired) electrons. The first kappa shape index (κ1) is 19.6. The minimum Gasteiger partial charge on any atom is -0.464 e. The molecule has 0 heterocycles. The molecule has 3 aromatic carbocycles. The molecule has 0 spiro atoms. The van der Waals surface area contributed by atoms with Gasteiger partial charge in [-0.1, -0.05) is 97.1 Å². The summed E-state index contributed by atoms with van der Waals surface area (Å²) in [5.74, 6) is -0.267. The highest BCUT2D eigenvalue weighted by molar-refractivity contribution is 7.68. The maximum Gasteiger partial charge on any atom is 0.302 e. The van der Waals surface area contributed by atoms with Gasteiger partial charge in [-0.15, -0.1) is 0 Å². The molecule has 0 saturated heterocycles. The van der Waals surface area contributed by atoms with Crippen LogP contribution in [0, 0.1) is 0 Å². The molecule has 0 aliphatic heterocycles. The molecule has 0 N–H and O–H groups in total. The third-order valence-electron chi connectivity index (χ3n) is 5.03. The van der Waals surface area contributed by atoms with Crippen molar-refractivity contribution in [2.75, 3.05) is 13.2 Å². The summed E-state index contributed by atoms with van der Waals surface area (Å²) in [6.07, 6.45) is 2.16. The maximum absolute atomic E-state index is 11.4. The summed E-state index contributed by atoms with van der Waals surface area (Å²) < 4.78 is 11.9. The minimum atomic E-state index is -0.924. The molecular formula is C25H23O3P. The van der Waals surface area contributed by atoms with Crippen molar-refractivity contribution < 1.29 is 14.1 Å². The molecule has 29 heavy (non-hydrogen) atoms. The van der Waals surface area contributed by atoms with Crippen molar-refractivity contribution in [3.8, 4) is 0 Å². The Kier molecular flexibility index (Phi) is 5.89. The number of hydrogen-bond donors (Lipinski definition) is 0. The van der Waals surface area contributed by atoms with Gasteiger partial charge in [0.2, 0.25) is 0 Å². The molecule has 0 bridgehead atoms.